The second-order valence-electron chi connectivity index (χ2n) is 13.1. The highest BCUT2D eigenvalue weighted by molar-refractivity contribution is 5.98. The standard InChI is InChI=1S/C37H45N9O3.ClH/c38-24-25-6-8-30(9-7-25)36(48)41-33(37(49)40-32-16-14-28(15-17-32)34-42-44-45-43-34)23-26-4-3-5-31(22-26)27-10-12-29(13-11-27)35(47)39-18-21-46-19-1-2-20-46;/h3-5,10-17,22,25,30,33H,1-2,6-9,18-21,23-24,38H2,(H,39,47)(H,40,49)(H,41,48)(H,42,43,44,45);1H/t25-,30-,33-;/m0./s1. The summed E-state index contributed by atoms with van der Waals surface area (Å²) in [5, 5.41) is 23.0. The minimum Gasteiger partial charge on any atom is -0.351 e. The van der Waals surface area contributed by atoms with E-state index in [4.69, 9.17) is 5.73 Å². The predicted octanol–water partition coefficient (Wildman–Crippen LogP) is 4.21. The van der Waals surface area contributed by atoms with Gasteiger partial charge in [0.05, 0.1) is 0 Å². The number of amides is 3. The SMILES string of the molecule is Cl.NC[C@H]1CC[C@H](C(=O)N[C@@H](Cc2cccc(-c3ccc(C(=O)NCCN4CCCC4)cc3)c2)C(=O)Nc2ccc(-c3nnn[nH]3)cc2)CC1. The quantitative estimate of drug-likeness (QED) is 0.138. The highest BCUT2D eigenvalue weighted by atomic mass is 35.5. The van der Waals surface area contributed by atoms with Crippen molar-refractivity contribution in [2.24, 2.45) is 17.6 Å². The number of nitrogens with zero attached hydrogens (tertiary/aromatic N) is 4. The molecule has 0 unspecified atom stereocenters. The van der Waals surface area contributed by atoms with Crippen molar-refractivity contribution in [3.63, 3.8) is 0 Å². The van der Waals surface area contributed by atoms with E-state index in [0.717, 1.165) is 67.6 Å². The number of anilines is 1. The molecule has 2 aliphatic rings. The Morgan fingerprint density at radius 3 is 2.30 bits per heavy atom. The fraction of sp³-hybridized carbons (Fsp3) is 0.405. The van der Waals surface area contributed by atoms with Gasteiger partial charge in [0.1, 0.15) is 6.04 Å². The number of nitrogens with one attached hydrogen (secondary N) is 4. The van der Waals surface area contributed by atoms with Crippen molar-refractivity contribution in [1.29, 1.82) is 0 Å². The van der Waals surface area contributed by atoms with Crippen LogP contribution in [0.25, 0.3) is 22.5 Å². The molecule has 4 aromatic rings. The zero-order valence-corrected chi connectivity index (χ0v) is 29.0. The van der Waals surface area contributed by atoms with Crippen LogP contribution in [0.3, 0.4) is 0 Å². The third kappa shape index (κ3) is 9.74. The summed E-state index contributed by atoms with van der Waals surface area (Å²) in [6.45, 7) is 4.36. The molecule has 6 N–H and O–H groups in total. The number of carbonyl (C=O) groups is 3. The van der Waals surface area contributed by atoms with Crippen molar-refractivity contribution in [3.05, 3.63) is 83.9 Å². The molecule has 3 aromatic carbocycles. The Morgan fingerprint density at radius 1 is 0.900 bits per heavy atom. The van der Waals surface area contributed by atoms with E-state index in [1.165, 1.54) is 12.8 Å². The number of aromatic amines is 1. The van der Waals surface area contributed by atoms with Gasteiger partial charge in [0.15, 0.2) is 5.82 Å². The molecule has 1 aliphatic heterocycles. The van der Waals surface area contributed by atoms with Crippen LogP contribution in [0.5, 0.6) is 0 Å². The Hall–Kier alpha value is -4.65. The van der Waals surface area contributed by atoms with Gasteiger partial charge in [0, 0.05) is 42.2 Å². The average Bonchev–Trinajstić information content (AvgIpc) is 3.88. The van der Waals surface area contributed by atoms with E-state index in [1.807, 2.05) is 60.7 Å². The number of aromatic nitrogens is 4. The van der Waals surface area contributed by atoms with E-state index in [1.54, 1.807) is 12.1 Å². The minimum atomic E-state index is -0.792. The number of benzene rings is 3. The summed E-state index contributed by atoms with van der Waals surface area (Å²) in [6, 6.07) is 21.9. The molecule has 2 fully saturated rings. The molecule has 50 heavy (non-hydrogen) atoms. The lowest BCUT2D eigenvalue weighted by molar-refractivity contribution is -0.130. The predicted molar refractivity (Wildman–Crippen MR) is 196 cm³/mol. The van der Waals surface area contributed by atoms with Gasteiger partial charge in [-0.15, -0.1) is 17.5 Å². The van der Waals surface area contributed by atoms with Gasteiger partial charge < -0.3 is 26.6 Å². The molecule has 264 valence electrons. The molecule has 1 aliphatic carbocycles. The van der Waals surface area contributed by atoms with Crippen molar-refractivity contribution in [2.45, 2.75) is 51.0 Å². The lowest BCUT2D eigenvalue weighted by Gasteiger charge is -2.28. The van der Waals surface area contributed by atoms with E-state index >= 15 is 0 Å². The third-order valence-electron chi connectivity index (χ3n) is 9.71. The van der Waals surface area contributed by atoms with Gasteiger partial charge in [0.25, 0.3) is 5.91 Å². The van der Waals surface area contributed by atoms with Crippen LogP contribution in [-0.2, 0) is 16.0 Å². The summed E-state index contributed by atoms with van der Waals surface area (Å²) in [4.78, 5) is 42.3. The second-order valence-corrected chi connectivity index (χ2v) is 13.1. The molecule has 0 spiro atoms. The molecule has 0 radical (unpaired) electrons. The zero-order chi connectivity index (χ0) is 34.0. The van der Waals surface area contributed by atoms with Crippen LogP contribution in [-0.4, -0.2) is 82.0 Å². The van der Waals surface area contributed by atoms with Crippen molar-refractivity contribution in [2.75, 3.05) is 38.0 Å². The van der Waals surface area contributed by atoms with Crippen molar-refractivity contribution in [1.82, 2.24) is 36.2 Å². The summed E-state index contributed by atoms with van der Waals surface area (Å²) in [6.07, 6.45) is 6.13. The van der Waals surface area contributed by atoms with Crippen LogP contribution in [0, 0.1) is 11.8 Å². The number of halogens is 1. The van der Waals surface area contributed by atoms with Gasteiger partial charge >= 0.3 is 0 Å². The fourth-order valence-corrected chi connectivity index (χ4v) is 6.74. The molecule has 3 amide bonds. The molecule has 1 saturated heterocycles. The number of hydrogen-bond donors (Lipinski definition) is 5. The van der Waals surface area contributed by atoms with Gasteiger partial charge in [-0.05, 0) is 128 Å². The molecule has 1 saturated carbocycles. The Kier molecular flexibility index (Phi) is 13.1. The molecular formula is C37H46ClN9O3. The summed E-state index contributed by atoms with van der Waals surface area (Å²) in [7, 11) is 0. The maximum atomic E-state index is 13.7. The first-order valence-electron chi connectivity index (χ1n) is 17.3. The molecule has 12 nitrogen and oxygen atoms in total. The smallest absolute Gasteiger partial charge is 0.251 e. The van der Waals surface area contributed by atoms with Gasteiger partial charge in [-0.2, -0.15) is 0 Å². The number of H-pyrrole nitrogens is 1. The summed E-state index contributed by atoms with van der Waals surface area (Å²) >= 11 is 0. The van der Waals surface area contributed by atoms with Crippen LogP contribution >= 0.6 is 12.4 Å². The molecule has 6 rings (SSSR count). The highest BCUT2D eigenvalue weighted by Gasteiger charge is 2.29. The molecular weight excluding hydrogens is 654 g/mol. The monoisotopic (exact) mass is 699 g/mol. The fourth-order valence-electron chi connectivity index (χ4n) is 6.74. The summed E-state index contributed by atoms with van der Waals surface area (Å²) in [5.41, 5.74) is 10.7. The second kappa shape index (κ2) is 17.8. The first kappa shape index (κ1) is 36.6. The van der Waals surface area contributed by atoms with Crippen LogP contribution in [0.15, 0.2) is 72.8 Å². The average molecular weight is 700 g/mol. The van der Waals surface area contributed by atoms with E-state index in [0.29, 0.717) is 42.5 Å². The topological polar surface area (TPSA) is 171 Å². The van der Waals surface area contributed by atoms with Crippen molar-refractivity contribution >= 4 is 35.8 Å². The molecule has 13 heteroatoms. The summed E-state index contributed by atoms with van der Waals surface area (Å²) in [5.74, 6) is 0.348. The summed E-state index contributed by atoms with van der Waals surface area (Å²) < 4.78 is 0. The Balaban J connectivity index is 0.00000486. The minimum absolute atomic E-state index is 0. The molecule has 1 atom stereocenters. The van der Waals surface area contributed by atoms with E-state index in [9.17, 15) is 14.4 Å². The van der Waals surface area contributed by atoms with Crippen LogP contribution in [0.4, 0.5) is 5.69 Å². The number of tetrazole rings is 1. The van der Waals surface area contributed by atoms with Gasteiger partial charge in [0.2, 0.25) is 11.8 Å². The van der Waals surface area contributed by atoms with Crippen LogP contribution in [0.2, 0.25) is 0 Å². The van der Waals surface area contributed by atoms with Gasteiger partial charge in [-0.3, -0.25) is 14.4 Å². The number of rotatable bonds is 13. The number of hydrogen-bond acceptors (Lipinski definition) is 8. The molecule has 1 aromatic heterocycles. The lowest BCUT2D eigenvalue weighted by Crippen LogP contribution is -2.48. The first-order chi connectivity index (χ1) is 23.9. The van der Waals surface area contributed by atoms with E-state index < -0.39 is 6.04 Å². The largest absolute Gasteiger partial charge is 0.351 e. The van der Waals surface area contributed by atoms with Gasteiger partial charge in [-0.25, -0.2) is 5.10 Å². The maximum Gasteiger partial charge on any atom is 0.251 e. The maximum absolute atomic E-state index is 13.7. The third-order valence-corrected chi connectivity index (χ3v) is 9.71. The highest BCUT2D eigenvalue weighted by Crippen LogP contribution is 2.29. The number of likely N-dealkylation sites (tertiary alicyclic amines) is 1. The van der Waals surface area contributed by atoms with Crippen molar-refractivity contribution < 1.29 is 14.4 Å². The molecule has 2 heterocycles. The normalized spacial score (nSPS) is 18.1. The van der Waals surface area contributed by atoms with Gasteiger partial charge in [-0.1, -0.05) is 36.4 Å². The van der Waals surface area contributed by atoms with Crippen molar-refractivity contribution in [3.8, 4) is 22.5 Å². The lowest BCUT2D eigenvalue weighted by atomic mass is 9.81. The Bertz CT molecular complexity index is 1690. The van der Waals surface area contributed by atoms with E-state index in [2.05, 4.69) is 41.5 Å². The van der Waals surface area contributed by atoms with Crippen LogP contribution < -0.4 is 21.7 Å². The van der Waals surface area contributed by atoms with Crippen LogP contribution in [0.1, 0.15) is 54.4 Å². The Labute approximate surface area is 298 Å². The first-order valence-corrected chi connectivity index (χ1v) is 17.3. The molecule has 0 bridgehead atoms. The van der Waals surface area contributed by atoms with E-state index in [-0.39, 0.29) is 36.0 Å². The zero-order valence-electron chi connectivity index (χ0n) is 28.1. The number of carbonyl (C=O) groups excluding carboxylic acids is 3. The number of nitrogens with two attached hydrogens (primary N) is 1. The Morgan fingerprint density at radius 2 is 1.62 bits per heavy atom.